The maximum absolute atomic E-state index is 8.16. The van der Waals surface area contributed by atoms with E-state index in [4.69, 9.17) is 10.3 Å². The van der Waals surface area contributed by atoms with Crippen molar-refractivity contribution in [3.05, 3.63) is 46.3 Å². The van der Waals surface area contributed by atoms with Crippen LogP contribution in [0.25, 0.3) is 10.4 Å². The molecule has 4 heteroatoms. The fraction of sp³-hybridized carbons (Fsp3) is 0.333. The molecule has 0 unspecified atom stereocenters. The molecule has 4 nitrogen and oxygen atoms in total. The van der Waals surface area contributed by atoms with Crippen LogP contribution in [0.5, 0.6) is 0 Å². The molecule has 1 aromatic carbocycles. The van der Waals surface area contributed by atoms with Gasteiger partial charge in [-0.1, -0.05) is 35.4 Å². The van der Waals surface area contributed by atoms with E-state index in [1.807, 2.05) is 30.3 Å². The molecule has 1 aromatic rings. The first-order chi connectivity index (χ1) is 6.38. The highest BCUT2D eigenvalue weighted by Crippen LogP contribution is 2.15. The molecule has 0 saturated heterocycles. The Balaban J connectivity index is 2.72. The standard InChI is InChI=1S/C9H11N3O/c1-13-9(7-11-12-10)8-5-3-2-4-6-8/h2-6,9H,7H2,1H3/t9-/m1/s1. The summed E-state index contributed by atoms with van der Waals surface area (Å²) in [5.41, 5.74) is 9.19. The van der Waals surface area contributed by atoms with Crippen molar-refractivity contribution < 1.29 is 4.74 Å². The molecule has 1 rings (SSSR count). The highest BCUT2D eigenvalue weighted by atomic mass is 16.5. The summed E-state index contributed by atoms with van der Waals surface area (Å²) < 4.78 is 5.17. The molecule has 0 heterocycles. The number of nitrogens with zero attached hydrogens (tertiary/aromatic N) is 3. The maximum Gasteiger partial charge on any atom is 0.0877 e. The lowest BCUT2D eigenvalue weighted by Gasteiger charge is -2.12. The SMILES string of the molecule is CO[C@H](CN=[N+]=[N-])c1ccccc1. The van der Waals surface area contributed by atoms with Crippen molar-refractivity contribution in [2.24, 2.45) is 5.11 Å². The first-order valence-corrected chi connectivity index (χ1v) is 3.97. The summed E-state index contributed by atoms with van der Waals surface area (Å²) >= 11 is 0. The molecule has 68 valence electrons. The number of benzene rings is 1. The van der Waals surface area contributed by atoms with Gasteiger partial charge in [0.2, 0.25) is 0 Å². The van der Waals surface area contributed by atoms with Gasteiger partial charge < -0.3 is 4.74 Å². The number of azide groups is 1. The summed E-state index contributed by atoms with van der Waals surface area (Å²) in [6.45, 7) is 0.330. The van der Waals surface area contributed by atoms with E-state index in [1.165, 1.54) is 0 Å². The van der Waals surface area contributed by atoms with Crippen LogP contribution >= 0.6 is 0 Å². The fourth-order valence-corrected chi connectivity index (χ4v) is 1.09. The zero-order valence-corrected chi connectivity index (χ0v) is 7.42. The van der Waals surface area contributed by atoms with Crippen molar-refractivity contribution >= 4 is 0 Å². The van der Waals surface area contributed by atoms with Gasteiger partial charge in [-0.3, -0.25) is 0 Å². The van der Waals surface area contributed by atoms with Crippen LogP contribution in [-0.2, 0) is 4.74 Å². The Morgan fingerprint density at radius 1 is 1.46 bits per heavy atom. The molecule has 0 N–H and O–H groups in total. The number of hydrogen-bond acceptors (Lipinski definition) is 2. The van der Waals surface area contributed by atoms with E-state index >= 15 is 0 Å². The van der Waals surface area contributed by atoms with Gasteiger partial charge in [-0.2, -0.15) is 0 Å². The van der Waals surface area contributed by atoms with Crippen LogP contribution in [0.4, 0.5) is 0 Å². The van der Waals surface area contributed by atoms with E-state index in [0.717, 1.165) is 5.56 Å². The Kier molecular flexibility index (Phi) is 3.82. The third-order valence-electron chi connectivity index (χ3n) is 1.77. The van der Waals surface area contributed by atoms with Crippen molar-refractivity contribution in [3.8, 4) is 0 Å². The average Bonchev–Trinajstić information content (AvgIpc) is 2.21. The smallest absolute Gasteiger partial charge is 0.0877 e. The van der Waals surface area contributed by atoms with Gasteiger partial charge in [-0.05, 0) is 11.1 Å². The second-order valence-corrected chi connectivity index (χ2v) is 2.55. The maximum atomic E-state index is 8.16. The predicted octanol–water partition coefficient (Wildman–Crippen LogP) is 2.68. The first-order valence-electron chi connectivity index (χ1n) is 3.97. The first kappa shape index (κ1) is 9.58. The van der Waals surface area contributed by atoms with E-state index < -0.39 is 0 Å². The lowest BCUT2D eigenvalue weighted by atomic mass is 10.1. The van der Waals surface area contributed by atoms with E-state index in [1.54, 1.807) is 7.11 Å². The van der Waals surface area contributed by atoms with Crippen molar-refractivity contribution in [1.82, 2.24) is 0 Å². The Labute approximate surface area is 76.8 Å². The van der Waals surface area contributed by atoms with Crippen molar-refractivity contribution in [2.45, 2.75) is 6.10 Å². The van der Waals surface area contributed by atoms with Gasteiger partial charge >= 0.3 is 0 Å². The van der Waals surface area contributed by atoms with Crippen molar-refractivity contribution in [1.29, 1.82) is 0 Å². The zero-order valence-electron chi connectivity index (χ0n) is 7.42. The summed E-state index contributed by atoms with van der Waals surface area (Å²) in [6, 6.07) is 9.68. The lowest BCUT2D eigenvalue weighted by molar-refractivity contribution is 0.110. The minimum atomic E-state index is -0.142. The van der Waals surface area contributed by atoms with Crippen LogP contribution in [-0.4, -0.2) is 13.7 Å². The van der Waals surface area contributed by atoms with Crippen molar-refractivity contribution in [3.63, 3.8) is 0 Å². The second-order valence-electron chi connectivity index (χ2n) is 2.55. The predicted molar refractivity (Wildman–Crippen MR) is 50.2 cm³/mol. The molecule has 0 fully saturated rings. The minimum absolute atomic E-state index is 0.142. The molecular formula is C9H11N3O. The van der Waals surface area contributed by atoms with Gasteiger partial charge in [-0.15, -0.1) is 0 Å². The molecule has 0 amide bonds. The van der Waals surface area contributed by atoms with Gasteiger partial charge in [0, 0.05) is 12.0 Å². The average molecular weight is 177 g/mol. The Hall–Kier alpha value is -1.51. The second kappa shape index (κ2) is 5.19. The summed E-state index contributed by atoms with van der Waals surface area (Å²) in [4.78, 5) is 2.69. The molecule has 13 heavy (non-hydrogen) atoms. The topological polar surface area (TPSA) is 58.0 Å². The van der Waals surface area contributed by atoms with Crippen LogP contribution < -0.4 is 0 Å². The van der Waals surface area contributed by atoms with Crippen LogP contribution in [0.15, 0.2) is 35.4 Å². The normalized spacial score (nSPS) is 11.8. The number of methoxy groups -OCH3 is 1. The summed E-state index contributed by atoms with van der Waals surface area (Å²) in [6.07, 6.45) is -0.142. The van der Waals surface area contributed by atoms with Crippen molar-refractivity contribution in [2.75, 3.05) is 13.7 Å². The van der Waals surface area contributed by atoms with Gasteiger partial charge in [0.15, 0.2) is 0 Å². The molecule has 0 saturated carbocycles. The Bertz CT molecular complexity index is 293. The quantitative estimate of drug-likeness (QED) is 0.396. The fourth-order valence-electron chi connectivity index (χ4n) is 1.09. The largest absolute Gasteiger partial charge is 0.377 e. The minimum Gasteiger partial charge on any atom is -0.377 e. The highest BCUT2D eigenvalue weighted by molar-refractivity contribution is 5.17. The van der Waals surface area contributed by atoms with Crippen LogP contribution in [0.1, 0.15) is 11.7 Å². The van der Waals surface area contributed by atoms with E-state index in [2.05, 4.69) is 10.0 Å². The molecule has 0 aromatic heterocycles. The summed E-state index contributed by atoms with van der Waals surface area (Å²) in [5, 5.41) is 3.47. The Morgan fingerprint density at radius 3 is 2.69 bits per heavy atom. The summed E-state index contributed by atoms with van der Waals surface area (Å²) in [7, 11) is 1.60. The number of hydrogen-bond donors (Lipinski definition) is 0. The van der Waals surface area contributed by atoms with E-state index in [9.17, 15) is 0 Å². The molecule has 0 aliphatic heterocycles. The van der Waals surface area contributed by atoms with Crippen LogP contribution in [0.2, 0.25) is 0 Å². The molecule has 0 radical (unpaired) electrons. The number of ether oxygens (including phenoxy) is 1. The molecule has 0 aliphatic carbocycles. The molecule has 1 atom stereocenters. The third-order valence-corrected chi connectivity index (χ3v) is 1.77. The van der Waals surface area contributed by atoms with Gasteiger partial charge in [0.1, 0.15) is 0 Å². The highest BCUT2D eigenvalue weighted by Gasteiger charge is 2.07. The molecule has 0 spiro atoms. The molecule has 0 bridgehead atoms. The third kappa shape index (κ3) is 2.78. The zero-order chi connectivity index (χ0) is 9.52. The van der Waals surface area contributed by atoms with E-state index in [-0.39, 0.29) is 6.10 Å². The monoisotopic (exact) mass is 177 g/mol. The van der Waals surface area contributed by atoms with Gasteiger partial charge in [0.25, 0.3) is 0 Å². The Morgan fingerprint density at radius 2 is 2.15 bits per heavy atom. The van der Waals surface area contributed by atoms with Crippen LogP contribution in [0, 0.1) is 0 Å². The molecule has 0 aliphatic rings. The van der Waals surface area contributed by atoms with Gasteiger partial charge in [0.05, 0.1) is 12.6 Å². The van der Waals surface area contributed by atoms with Gasteiger partial charge in [-0.25, -0.2) is 0 Å². The molecular weight excluding hydrogens is 166 g/mol. The number of rotatable bonds is 4. The lowest BCUT2D eigenvalue weighted by Crippen LogP contribution is -2.04. The van der Waals surface area contributed by atoms with E-state index in [0.29, 0.717) is 6.54 Å². The summed E-state index contributed by atoms with van der Waals surface area (Å²) in [5.74, 6) is 0. The van der Waals surface area contributed by atoms with Crippen LogP contribution in [0.3, 0.4) is 0 Å².